The molecule has 0 rings (SSSR count). The van der Waals surface area contributed by atoms with Gasteiger partial charge in [-0.15, -0.1) is 12.3 Å². The molecule has 0 aromatic carbocycles. The first-order valence-electron chi connectivity index (χ1n) is 6.25. The second-order valence-electron chi connectivity index (χ2n) is 4.13. The summed E-state index contributed by atoms with van der Waals surface area (Å²) < 4.78 is 5.19. The summed E-state index contributed by atoms with van der Waals surface area (Å²) in [4.78, 5) is 21.0. The van der Waals surface area contributed by atoms with Crippen molar-refractivity contribution in [3.63, 3.8) is 0 Å². The van der Waals surface area contributed by atoms with E-state index in [2.05, 4.69) is 5.92 Å². The van der Waals surface area contributed by atoms with Crippen molar-refractivity contribution in [2.75, 3.05) is 0 Å². The molecule has 3 heteroatoms. The van der Waals surface area contributed by atoms with Crippen molar-refractivity contribution in [2.24, 2.45) is 0 Å². The first-order valence-corrected chi connectivity index (χ1v) is 6.25. The molecule has 0 aliphatic heterocycles. The molecule has 1 unspecified atom stereocenters. The summed E-state index contributed by atoms with van der Waals surface area (Å²) in [7, 11) is 0. The van der Waals surface area contributed by atoms with Gasteiger partial charge in [-0.1, -0.05) is 12.8 Å². The summed E-state index contributed by atoms with van der Waals surface area (Å²) in [5, 5.41) is 0. The van der Waals surface area contributed by atoms with E-state index in [0.29, 0.717) is 12.8 Å². The quantitative estimate of drug-likeness (QED) is 0.254. The van der Waals surface area contributed by atoms with Crippen LogP contribution in [-0.4, -0.2) is 18.4 Å². The third-order valence-corrected chi connectivity index (χ3v) is 2.54. The van der Waals surface area contributed by atoms with E-state index in [9.17, 15) is 9.59 Å². The van der Waals surface area contributed by atoms with Crippen molar-refractivity contribution in [3.8, 4) is 12.3 Å². The number of aldehydes is 1. The summed E-state index contributed by atoms with van der Waals surface area (Å²) in [6.45, 7) is 1.42. The Kier molecular flexibility index (Phi) is 10.3. The largest absolute Gasteiger partial charge is 0.463 e. The van der Waals surface area contributed by atoms with Gasteiger partial charge >= 0.3 is 5.97 Å². The maximum atomic E-state index is 10.9. The second-order valence-corrected chi connectivity index (χ2v) is 4.13. The fourth-order valence-electron chi connectivity index (χ4n) is 1.69. The predicted molar refractivity (Wildman–Crippen MR) is 67.4 cm³/mol. The molecule has 0 bridgehead atoms. The Balaban J connectivity index is 3.64. The highest BCUT2D eigenvalue weighted by molar-refractivity contribution is 5.66. The average Bonchev–Trinajstić information content (AvgIpc) is 2.29. The highest BCUT2D eigenvalue weighted by Gasteiger charge is 2.10. The predicted octanol–water partition coefficient (Wildman–Crippen LogP) is 2.87. The Morgan fingerprint density at radius 3 is 2.59 bits per heavy atom. The molecular weight excluding hydrogens is 216 g/mol. The van der Waals surface area contributed by atoms with Crippen LogP contribution >= 0.6 is 0 Å². The lowest BCUT2D eigenvalue weighted by molar-refractivity contribution is -0.147. The molecule has 0 aromatic rings. The van der Waals surface area contributed by atoms with Gasteiger partial charge in [0.05, 0.1) is 0 Å². The number of esters is 1. The molecule has 1 atom stereocenters. The third kappa shape index (κ3) is 11.0. The SMILES string of the molecule is C#CCCC(CCCCCCC=O)OC(C)=O. The molecule has 0 aliphatic carbocycles. The molecule has 0 fully saturated rings. The Bertz CT molecular complexity index is 253. The molecule has 0 saturated heterocycles. The van der Waals surface area contributed by atoms with Gasteiger partial charge in [-0.05, 0) is 25.7 Å². The zero-order chi connectivity index (χ0) is 12.9. The standard InChI is InChI=1S/C14H22O3/c1-3-4-10-14(17-13(2)16)11-8-6-5-7-9-12-15/h1,12,14H,4-11H2,2H3. The van der Waals surface area contributed by atoms with Crippen molar-refractivity contribution in [3.05, 3.63) is 0 Å². The lowest BCUT2D eigenvalue weighted by atomic mass is 10.0. The summed E-state index contributed by atoms with van der Waals surface area (Å²) in [6.07, 6.45) is 13.1. The summed E-state index contributed by atoms with van der Waals surface area (Å²) in [5.41, 5.74) is 0. The Morgan fingerprint density at radius 2 is 2.00 bits per heavy atom. The van der Waals surface area contributed by atoms with Gasteiger partial charge in [-0.25, -0.2) is 0 Å². The highest BCUT2D eigenvalue weighted by atomic mass is 16.5. The molecule has 0 radical (unpaired) electrons. The van der Waals surface area contributed by atoms with Crippen LogP contribution in [-0.2, 0) is 14.3 Å². The second kappa shape index (κ2) is 11.2. The van der Waals surface area contributed by atoms with E-state index < -0.39 is 0 Å². The highest BCUT2D eigenvalue weighted by Crippen LogP contribution is 2.13. The van der Waals surface area contributed by atoms with E-state index in [4.69, 9.17) is 11.2 Å². The monoisotopic (exact) mass is 238 g/mol. The van der Waals surface area contributed by atoms with Crippen LogP contribution in [0.1, 0.15) is 58.3 Å². The van der Waals surface area contributed by atoms with Gasteiger partial charge in [0.15, 0.2) is 0 Å². The minimum Gasteiger partial charge on any atom is -0.463 e. The van der Waals surface area contributed by atoms with E-state index in [1.165, 1.54) is 6.92 Å². The van der Waals surface area contributed by atoms with Gasteiger partial charge in [-0.3, -0.25) is 4.79 Å². The maximum Gasteiger partial charge on any atom is 0.302 e. The van der Waals surface area contributed by atoms with Gasteiger partial charge in [0.1, 0.15) is 12.4 Å². The van der Waals surface area contributed by atoms with Crippen LogP contribution in [0.4, 0.5) is 0 Å². The van der Waals surface area contributed by atoms with E-state index in [0.717, 1.165) is 44.8 Å². The van der Waals surface area contributed by atoms with Gasteiger partial charge in [-0.2, -0.15) is 0 Å². The van der Waals surface area contributed by atoms with Gasteiger partial charge in [0, 0.05) is 19.8 Å². The Labute approximate surface area is 104 Å². The molecular formula is C14H22O3. The Hall–Kier alpha value is -1.30. The van der Waals surface area contributed by atoms with Gasteiger partial charge in [0.25, 0.3) is 0 Å². The number of unbranched alkanes of at least 4 members (excludes halogenated alkanes) is 4. The smallest absolute Gasteiger partial charge is 0.302 e. The number of rotatable bonds is 10. The molecule has 0 amide bonds. The minimum absolute atomic E-state index is 0.0466. The molecule has 0 spiro atoms. The first kappa shape index (κ1) is 15.7. The number of carbonyl (C=O) groups is 2. The lowest BCUT2D eigenvalue weighted by Gasteiger charge is -2.15. The van der Waals surface area contributed by atoms with Crippen LogP contribution in [0.25, 0.3) is 0 Å². The molecule has 0 saturated carbocycles. The minimum atomic E-state index is -0.243. The fraction of sp³-hybridized carbons (Fsp3) is 0.714. The number of hydrogen-bond donors (Lipinski definition) is 0. The van der Waals surface area contributed by atoms with Crippen LogP contribution in [0.15, 0.2) is 0 Å². The molecule has 0 aromatic heterocycles. The summed E-state index contributed by atoms with van der Waals surface area (Å²) in [5.74, 6) is 2.32. The molecule has 3 nitrogen and oxygen atoms in total. The number of ether oxygens (including phenoxy) is 1. The van der Waals surface area contributed by atoms with E-state index in [1.54, 1.807) is 0 Å². The average molecular weight is 238 g/mol. The molecule has 0 aliphatic rings. The molecule has 0 heterocycles. The summed E-state index contributed by atoms with van der Waals surface area (Å²) in [6, 6.07) is 0. The fourth-order valence-corrected chi connectivity index (χ4v) is 1.69. The van der Waals surface area contributed by atoms with E-state index in [-0.39, 0.29) is 12.1 Å². The van der Waals surface area contributed by atoms with Crippen LogP contribution < -0.4 is 0 Å². The number of hydrogen-bond acceptors (Lipinski definition) is 3. The van der Waals surface area contributed by atoms with E-state index in [1.807, 2.05) is 0 Å². The molecule has 96 valence electrons. The zero-order valence-electron chi connectivity index (χ0n) is 10.6. The van der Waals surface area contributed by atoms with Crippen LogP contribution in [0, 0.1) is 12.3 Å². The van der Waals surface area contributed by atoms with E-state index >= 15 is 0 Å². The van der Waals surface area contributed by atoms with Crippen molar-refractivity contribution in [1.29, 1.82) is 0 Å². The number of carbonyl (C=O) groups excluding carboxylic acids is 2. The third-order valence-electron chi connectivity index (χ3n) is 2.54. The maximum absolute atomic E-state index is 10.9. The lowest BCUT2D eigenvalue weighted by Crippen LogP contribution is -2.16. The van der Waals surface area contributed by atoms with Gasteiger partial charge in [0.2, 0.25) is 0 Å². The van der Waals surface area contributed by atoms with Crippen molar-refractivity contribution in [1.82, 2.24) is 0 Å². The molecule has 0 N–H and O–H groups in total. The van der Waals surface area contributed by atoms with Crippen molar-refractivity contribution >= 4 is 12.3 Å². The van der Waals surface area contributed by atoms with Gasteiger partial charge < -0.3 is 9.53 Å². The first-order chi connectivity index (χ1) is 8.20. The van der Waals surface area contributed by atoms with Crippen LogP contribution in [0.3, 0.4) is 0 Å². The number of terminal acetylenes is 1. The van der Waals surface area contributed by atoms with Crippen molar-refractivity contribution in [2.45, 2.75) is 64.4 Å². The topological polar surface area (TPSA) is 43.4 Å². The van der Waals surface area contributed by atoms with Crippen LogP contribution in [0.2, 0.25) is 0 Å². The normalized spacial score (nSPS) is 11.5. The zero-order valence-corrected chi connectivity index (χ0v) is 10.6. The van der Waals surface area contributed by atoms with Crippen molar-refractivity contribution < 1.29 is 14.3 Å². The summed E-state index contributed by atoms with van der Waals surface area (Å²) >= 11 is 0. The van der Waals surface area contributed by atoms with Crippen LogP contribution in [0.5, 0.6) is 0 Å². The molecule has 17 heavy (non-hydrogen) atoms. The Morgan fingerprint density at radius 1 is 1.29 bits per heavy atom.